The number of carbonyl (C=O) groups excluding carboxylic acids is 2. The number of amides is 1. The van der Waals surface area contributed by atoms with Crippen LogP contribution in [0, 0.1) is 5.92 Å². The van der Waals surface area contributed by atoms with Crippen molar-refractivity contribution in [3.63, 3.8) is 0 Å². The zero-order valence-electron chi connectivity index (χ0n) is 12.5. The summed E-state index contributed by atoms with van der Waals surface area (Å²) >= 11 is 1.30. The molecule has 3 rings (SSSR count). The first kappa shape index (κ1) is 18.3. The molecule has 0 spiro atoms. The minimum absolute atomic E-state index is 0. The molecule has 0 bridgehead atoms. The molecule has 7 nitrogen and oxygen atoms in total. The third-order valence-electron chi connectivity index (χ3n) is 3.86. The van der Waals surface area contributed by atoms with E-state index in [1.807, 2.05) is 0 Å². The Morgan fingerprint density at radius 3 is 2.82 bits per heavy atom. The quantitative estimate of drug-likeness (QED) is 0.409. The van der Waals surface area contributed by atoms with Crippen LogP contribution in [-0.2, 0) is 19.1 Å². The van der Waals surface area contributed by atoms with E-state index in [0.717, 1.165) is 0 Å². The van der Waals surface area contributed by atoms with Gasteiger partial charge in [-0.05, 0) is 6.92 Å². The van der Waals surface area contributed by atoms with Gasteiger partial charge in [0.25, 0.3) is 0 Å². The van der Waals surface area contributed by atoms with Crippen molar-refractivity contribution in [1.29, 1.82) is 0 Å². The Morgan fingerprint density at radius 2 is 2.27 bits per heavy atom. The van der Waals surface area contributed by atoms with Crippen LogP contribution < -0.4 is 34.7 Å². The Bertz CT molecular complexity index is 505. The van der Waals surface area contributed by atoms with E-state index in [1.54, 1.807) is 0 Å². The summed E-state index contributed by atoms with van der Waals surface area (Å²) in [6.07, 6.45) is -0.641. The van der Waals surface area contributed by atoms with E-state index in [4.69, 9.17) is 9.47 Å². The number of aliphatic hydroxyl groups is 1. The number of carboxylic acid groups (broad SMARTS) is 1. The van der Waals surface area contributed by atoms with Crippen LogP contribution in [0.15, 0.2) is 10.6 Å². The van der Waals surface area contributed by atoms with E-state index in [2.05, 4.69) is 0 Å². The van der Waals surface area contributed by atoms with Crippen molar-refractivity contribution in [2.75, 3.05) is 19.8 Å². The number of carboxylic acids is 1. The van der Waals surface area contributed by atoms with Gasteiger partial charge in [-0.2, -0.15) is 0 Å². The first-order chi connectivity index (χ1) is 10.0. The molecule has 2 fully saturated rings. The summed E-state index contributed by atoms with van der Waals surface area (Å²) < 4.78 is 10.8. The molecule has 1 unspecified atom stereocenters. The number of ether oxygens (including phenoxy) is 2. The summed E-state index contributed by atoms with van der Waals surface area (Å²) in [5.41, 5.74) is -0.0823. The standard InChI is InChI=1S/C13H17NO6S.Na/c1-6(15)9-11(16)14-10(13(17)18)8(21-12(9)14)4-7-5-19-2-3-20-7;/h6-7,9,12,15H,2-5H2,1H3,(H,17,18);/q;+1/p-1/t6-,7?,9+,12-;/m1./s1. The minimum atomic E-state index is -1.37. The molecule has 0 radical (unpaired) electrons. The van der Waals surface area contributed by atoms with Crippen LogP contribution in [0.5, 0.6) is 0 Å². The zero-order chi connectivity index (χ0) is 15.1. The van der Waals surface area contributed by atoms with E-state index in [0.29, 0.717) is 31.1 Å². The molecule has 3 aliphatic heterocycles. The molecule has 0 aromatic carbocycles. The van der Waals surface area contributed by atoms with E-state index in [9.17, 15) is 19.8 Å². The van der Waals surface area contributed by atoms with E-state index >= 15 is 0 Å². The SMILES string of the molecule is C[C@@H](O)[C@H]1C(=O)N2C(C(=O)[O-])=C(CC3COCCO3)S[C@H]12.[Na+]. The molecule has 1 N–H and O–H groups in total. The van der Waals surface area contributed by atoms with Crippen molar-refractivity contribution in [3.05, 3.63) is 10.6 Å². The number of rotatable bonds is 4. The monoisotopic (exact) mass is 337 g/mol. The minimum Gasteiger partial charge on any atom is -0.543 e. The van der Waals surface area contributed by atoms with Gasteiger partial charge < -0.3 is 24.5 Å². The second-order valence-corrected chi connectivity index (χ2v) is 6.53. The number of hydrogen-bond donors (Lipinski definition) is 1. The van der Waals surface area contributed by atoms with Crippen LogP contribution in [0.4, 0.5) is 0 Å². The molecule has 0 aromatic rings. The van der Waals surface area contributed by atoms with Gasteiger partial charge in [0.15, 0.2) is 0 Å². The summed E-state index contributed by atoms with van der Waals surface area (Å²) in [7, 11) is 0. The second kappa shape index (κ2) is 7.21. The predicted octanol–water partition coefficient (Wildman–Crippen LogP) is -4.33. The molecule has 22 heavy (non-hydrogen) atoms. The number of carbonyl (C=O) groups is 2. The number of fused-ring (bicyclic) bond motifs is 1. The average Bonchev–Trinajstić information content (AvgIpc) is 2.74. The molecule has 4 atom stereocenters. The Morgan fingerprint density at radius 1 is 1.55 bits per heavy atom. The molecule has 3 aliphatic rings. The number of thioether (sulfide) groups is 1. The van der Waals surface area contributed by atoms with Crippen LogP contribution >= 0.6 is 11.8 Å². The fraction of sp³-hybridized carbons (Fsp3) is 0.692. The van der Waals surface area contributed by atoms with Crippen molar-refractivity contribution in [1.82, 2.24) is 4.90 Å². The number of hydrogen-bond acceptors (Lipinski definition) is 7. The number of aliphatic hydroxyl groups excluding tert-OH is 1. The fourth-order valence-corrected chi connectivity index (χ4v) is 4.52. The van der Waals surface area contributed by atoms with Gasteiger partial charge in [0.1, 0.15) is 5.37 Å². The summed E-state index contributed by atoms with van der Waals surface area (Å²) in [5, 5.41) is 20.6. The van der Waals surface area contributed by atoms with Crippen molar-refractivity contribution in [2.24, 2.45) is 5.92 Å². The normalized spacial score (nSPS) is 32.2. The smallest absolute Gasteiger partial charge is 0.543 e. The third-order valence-corrected chi connectivity index (χ3v) is 5.25. The van der Waals surface area contributed by atoms with Gasteiger partial charge in [-0.15, -0.1) is 11.8 Å². The van der Waals surface area contributed by atoms with Crippen LogP contribution in [0.25, 0.3) is 0 Å². The summed E-state index contributed by atoms with van der Waals surface area (Å²) in [5.74, 6) is -2.29. The van der Waals surface area contributed by atoms with Crippen LogP contribution in [0.1, 0.15) is 13.3 Å². The van der Waals surface area contributed by atoms with Crippen LogP contribution in [0.2, 0.25) is 0 Å². The van der Waals surface area contributed by atoms with Gasteiger partial charge in [-0.25, -0.2) is 0 Å². The van der Waals surface area contributed by atoms with Crippen molar-refractivity contribution in [2.45, 2.75) is 30.9 Å². The third kappa shape index (κ3) is 3.10. The molecule has 0 aromatic heterocycles. The molecule has 1 amide bonds. The van der Waals surface area contributed by atoms with E-state index in [1.165, 1.54) is 23.6 Å². The fourth-order valence-electron chi connectivity index (χ4n) is 2.85. The molecule has 3 heterocycles. The molecule has 0 saturated carbocycles. The van der Waals surface area contributed by atoms with Crippen LogP contribution in [0.3, 0.4) is 0 Å². The average molecular weight is 337 g/mol. The maximum atomic E-state index is 12.0. The molecule has 9 heteroatoms. The van der Waals surface area contributed by atoms with Crippen molar-refractivity contribution < 1.29 is 58.8 Å². The number of nitrogens with zero attached hydrogens (tertiary/aromatic N) is 1. The topological polar surface area (TPSA) is 99.1 Å². The Hall–Kier alpha value is -0.0900. The van der Waals surface area contributed by atoms with Crippen molar-refractivity contribution >= 4 is 23.6 Å². The van der Waals surface area contributed by atoms with Gasteiger partial charge in [0.05, 0.1) is 49.6 Å². The molecule has 0 aliphatic carbocycles. The summed E-state index contributed by atoms with van der Waals surface area (Å²) in [6, 6.07) is 0. The van der Waals surface area contributed by atoms with Gasteiger partial charge in [-0.1, -0.05) is 0 Å². The summed E-state index contributed by atoms with van der Waals surface area (Å²) in [4.78, 5) is 25.1. The Balaban J connectivity index is 0.00000176. The summed E-state index contributed by atoms with van der Waals surface area (Å²) in [6.45, 7) is 2.96. The first-order valence-electron chi connectivity index (χ1n) is 6.82. The number of β-lactam (4-membered cyclic amide) rings is 1. The maximum Gasteiger partial charge on any atom is 1.00 e. The van der Waals surface area contributed by atoms with Crippen molar-refractivity contribution in [3.8, 4) is 0 Å². The first-order valence-corrected chi connectivity index (χ1v) is 7.70. The Labute approximate surface area is 154 Å². The predicted molar refractivity (Wildman–Crippen MR) is 70.6 cm³/mol. The molecule has 2 saturated heterocycles. The van der Waals surface area contributed by atoms with E-state index < -0.39 is 18.0 Å². The number of aliphatic carboxylic acids is 1. The van der Waals surface area contributed by atoms with Gasteiger partial charge >= 0.3 is 29.6 Å². The molecular weight excluding hydrogens is 321 g/mol. The Kier molecular flexibility index (Phi) is 5.98. The molecular formula is C13H16NNaO6S. The zero-order valence-corrected chi connectivity index (χ0v) is 15.3. The van der Waals surface area contributed by atoms with Gasteiger partial charge in [0, 0.05) is 11.3 Å². The van der Waals surface area contributed by atoms with Gasteiger partial charge in [0.2, 0.25) is 5.91 Å². The van der Waals surface area contributed by atoms with E-state index in [-0.39, 0.29) is 52.6 Å². The van der Waals surface area contributed by atoms with Crippen LogP contribution in [-0.4, -0.2) is 59.3 Å². The molecule has 116 valence electrons. The van der Waals surface area contributed by atoms with Gasteiger partial charge in [-0.3, -0.25) is 9.69 Å². The maximum absolute atomic E-state index is 12.0. The largest absolute Gasteiger partial charge is 1.00 e. The second-order valence-electron chi connectivity index (χ2n) is 5.31.